The largest absolute Gasteiger partial charge is 0.479 e. The molecule has 2 unspecified atom stereocenters. The van der Waals surface area contributed by atoms with Gasteiger partial charge in [-0.2, -0.15) is 0 Å². The van der Waals surface area contributed by atoms with Gasteiger partial charge >= 0.3 is 0 Å². The Hall–Kier alpha value is -2.96. The van der Waals surface area contributed by atoms with Crippen LogP contribution in [0.5, 0.6) is 5.75 Å². The third-order valence-electron chi connectivity index (χ3n) is 3.89. The Morgan fingerprint density at radius 2 is 2.04 bits per heavy atom. The summed E-state index contributed by atoms with van der Waals surface area (Å²) in [5, 5.41) is 2.66. The van der Waals surface area contributed by atoms with Crippen LogP contribution < -0.4 is 15.6 Å². The summed E-state index contributed by atoms with van der Waals surface area (Å²) in [6, 6.07) is 5.85. The molecule has 0 saturated carbocycles. The van der Waals surface area contributed by atoms with Gasteiger partial charge in [0.15, 0.2) is 11.9 Å². The van der Waals surface area contributed by atoms with Crippen molar-refractivity contribution in [2.24, 2.45) is 0 Å². The Morgan fingerprint density at radius 1 is 1.29 bits per heavy atom. The quantitative estimate of drug-likeness (QED) is 0.875. The van der Waals surface area contributed by atoms with E-state index in [1.165, 1.54) is 13.0 Å². The normalized spacial score (nSPS) is 17.5. The highest BCUT2D eigenvalue weighted by Crippen LogP contribution is 2.31. The SMILES string of the molecule is CC1Oc2ccc(C(=O)C(C)n3cc(F)ccc3=O)cc2NC1=O. The third-order valence-corrected chi connectivity index (χ3v) is 3.89. The number of nitrogens with zero attached hydrogens (tertiary/aromatic N) is 1. The average Bonchev–Trinajstić information content (AvgIpc) is 2.56. The molecule has 24 heavy (non-hydrogen) atoms. The van der Waals surface area contributed by atoms with E-state index in [2.05, 4.69) is 5.32 Å². The zero-order valence-corrected chi connectivity index (χ0v) is 13.1. The van der Waals surface area contributed by atoms with Crippen LogP contribution in [0.15, 0.2) is 41.3 Å². The lowest BCUT2D eigenvalue weighted by Crippen LogP contribution is -2.34. The lowest BCUT2D eigenvalue weighted by molar-refractivity contribution is -0.122. The molecule has 0 bridgehead atoms. The second-order valence-corrected chi connectivity index (χ2v) is 5.59. The van der Waals surface area contributed by atoms with Crippen molar-refractivity contribution in [1.82, 2.24) is 4.57 Å². The molecule has 3 rings (SSSR count). The number of carbonyl (C=O) groups excluding carboxylic acids is 2. The summed E-state index contributed by atoms with van der Waals surface area (Å²) in [6.45, 7) is 3.13. The van der Waals surface area contributed by atoms with Crippen molar-refractivity contribution in [3.05, 3.63) is 58.3 Å². The van der Waals surface area contributed by atoms with Crippen LogP contribution in [0.1, 0.15) is 30.2 Å². The van der Waals surface area contributed by atoms with Gasteiger partial charge in [0, 0.05) is 17.8 Å². The molecule has 0 saturated heterocycles. The molecule has 124 valence electrons. The maximum Gasteiger partial charge on any atom is 0.265 e. The fourth-order valence-corrected chi connectivity index (χ4v) is 2.51. The van der Waals surface area contributed by atoms with E-state index in [1.807, 2.05) is 0 Å². The highest BCUT2D eigenvalue weighted by molar-refractivity contribution is 6.02. The second-order valence-electron chi connectivity index (χ2n) is 5.59. The van der Waals surface area contributed by atoms with Crippen LogP contribution >= 0.6 is 0 Å². The first kappa shape index (κ1) is 15.9. The third kappa shape index (κ3) is 2.80. The topological polar surface area (TPSA) is 77.4 Å². The Kier molecular flexibility index (Phi) is 3.92. The number of hydrogen-bond donors (Lipinski definition) is 1. The van der Waals surface area contributed by atoms with Gasteiger partial charge in [-0.05, 0) is 38.1 Å². The molecule has 0 spiro atoms. The summed E-state index contributed by atoms with van der Waals surface area (Å²) in [5.41, 5.74) is 0.208. The number of nitrogens with one attached hydrogen (secondary N) is 1. The lowest BCUT2D eigenvalue weighted by atomic mass is 10.0. The molecule has 2 aromatic rings. The molecule has 1 N–H and O–H groups in total. The maximum atomic E-state index is 13.3. The van der Waals surface area contributed by atoms with E-state index in [0.29, 0.717) is 11.4 Å². The molecule has 0 fully saturated rings. The van der Waals surface area contributed by atoms with E-state index in [0.717, 1.165) is 22.9 Å². The number of anilines is 1. The molecule has 7 heteroatoms. The summed E-state index contributed by atoms with van der Waals surface area (Å²) in [6.07, 6.45) is 0.388. The van der Waals surface area contributed by atoms with Gasteiger partial charge in [-0.15, -0.1) is 0 Å². The number of rotatable bonds is 3. The number of halogens is 1. The van der Waals surface area contributed by atoms with Crippen molar-refractivity contribution in [3.63, 3.8) is 0 Å². The van der Waals surface area contributed by atoms with E-state index >= 15 is 0 Å². The number of aromatic nitrogens is 1. The molecule has 1 aromatic carbocycles. The fraction of sp³-hybridized carbons (Fsp3) is 0.235. The Morgan fingerprint density at radius 3 is 2.79 bits per heavy atom. The van der Waals surface area contributed by atoms with E-state index < -0.39 is 23.5 Å². The van der Waals surface area contributed by atoms with Gasteiger partial charge in [0.05, 0.1) is 11.7 Å². The molecule has 1 aliphatic rings. The fourth-order valence-electron chi connectivity index (χ4n) is 2.51. The summed E-state index contributed by atoms with van der Waals surface area (Å²) in [4.78, 5) is 36.1. The zero-order chi connectivity index (χ0) is 17.4. The van der Waals surface area contributed by atoms with E-state index in [1.54, 1.807) is 19.1 Å². The van der Waals surface area contributed by atoms with Crippen LogP contribution in [0.2, 0.25) is 0 Å². The van der Waals surface area contributed by atoms with E-state index in [-0.39, 0.29) is 17.3 Å². The van der Waals surface area contributed by atoms with E-state index in [4.69, 9.17) is 4.74 Å². The Labute approximate surface area is 136 Å². The van der Waals surface area contributed by atoms with Crippen molar-refractivity contribution < 1.29 is 18.7 Å². The highest BCUT2D eigenvalue weighted by Gasteiger charge is 2.25. The number of benzene rings is 1. The molecular formula is C17H15FN2O4. The molecule has 2 heterocycles. The molecule has 0 radical (unpaired) electrons. The van der Waals surface area contributed by atoms with Crippen molar-refractivity contribution in [2.45, 2.75) is 26.0 Å². The maximum absolute atomic E-state index is 13.3. The van der Waals surface area contributed by atoms with Crippen LogP contribution in [0.3, 0.4) is 0 Å². The van der Waals surface area contributed by atoms with Gasteiger partial charge in [0.25, 0.3) is 11.5 Å². The van der Waals surface area contributed by atoms with Crippen molar-refractivity contribution in [3.8, 4) is 5.75 Å². The van der Waals surface area contributed by atoms with Crippen molar-refractivity contribution >= 4 is 17.4 Å². The molecule has 1 aliphatic heterocycles. The Balaban J connectivity index is 1.93. The molecule has 1 amide bonds. The molecular weight excluding hydrogens is 315 g/mol. The summed E-state index contributed by atoms with van der Waals surface area (Å²) >= 11 is 0. The predicted octanol–water partition coefficient (Wildman–Crippen LogP) is 2.15. The van der Waals surface area contributed by atoms with Gasteiger partial charge in [-0.25, -0.2) is 4.39 Å². The smallest absolute Gasteiger partial charge is 0.265 e. The molecule has 2 atom stereocenters. The minimum absolute atomic E-state index is 0.288. The van der Waals surface area contributed by atoms with Crippen LogP contribution in [0, 0.1) is 5.82 Å². The van der Waals surface area contributed by atoms with Gasteiger partial charge in [-0.1, -0.05) is 0 Å². The van der Waals surface area contributed by atoms with Gasteiger partial charge in [0.2, 0.25) is 0 Å². The van der Waals surface area contributed by atoms with Crippen molar-refractivity contribution in [1.29, 1.82) is 0 Å². The monoisotopic (exact) mass is 330 g/mol. The van der Waals surface area contributed by atoms with E-state index in [9.17, 15) is 18.8 Å². The first-order valence-corrected chi connectivity index (χ1v) is 7.40. The Bertz CT molecular complexity index is 890. The number of ketones is 1. The van der Waals surface area contributed by atoms with Crippen LogP contribution in [-0.2, 0) is 4.79 Å². The first-order chi connectivity index (χ1) is 11.4. The van der Waals surface area contributed by atoms with Crippen LogP contribution in [-0.4, -0.2) is 22.4 Å². The molecule has 1 aromatic heterocycles. The molecule has 6 nitrogen and oxygen atoms in total. The summed E-state index contributed by atoms with van der Waals surface area (Å²) in [7, 11) is 0. The summed E-state index contributed by atoms with van der Waals surface area (Å²) < 4.78 is 19.8. The van der Waals surface area contributed by atoms with Crippen LogP contribution in [0.25, 0.3) is 0 Å². The number of hydrogen-bond acceptors (Lipinski definition) is 4. The minimum atomic E-state index is -0.884. The van der Waals surface area contributed by atoms with Crippen LogP contribution in [0.4, 0.5) is 10.1 Å². The standard InChI is InChI=1S/C17H15FN2O4/c1-9(20-8-12(18)4-6-15(20)21)16(22)11-3-5-14-13(7-11)19-17(23)10(2)24-14/h3-10H,1-2H3,(H,19,23). The molecule has 0 aliphatic carbocycles. The number of ether oxygens (including phenoxy) is 1. The number of pyridine rings is 1. The van der Waals surface area contributed by atoms with Gasteiger partial charge < -0.3 is 14.6 Å². The lowest BCUT2D eigenvalue weighted by Gasteiger charge is -2.24. The number of fused-ring (bicyclic) bond motifs is 1. The van der Waals surface area contributed by atoms with Gasteiger partial charge in [-0.3, -0.25) is 14.4 Å². The number of amides is 1. The number of Topliss-reactive ketones (excluding diaryl/α,β-unsaturated/α-hetero) is 1. The second kappa shape index (κ2) is 5.92. The zero-order valence-electron chi connectivity index (χ0n) is 13.1. The van der Waals surface area contributed by atoms with Gasteiger partial charge in [0.1, 0.15) is 11.6 Å². The summed E-state index contributed by atoms with van der Waals surface area (Å²) in [5.74, 6) is -0.816. The number of carbonyl (C=O) groups is 2. The highest BCUT2D eigenvalue weighted by atomic mass is 19.1. The van der Waals surface area contributed by atoms with Crippen molar-refractivity contribution in [2.75, 3.05) is 5.32 Å². The predicted molar refractivity (Wildman–Crippen MR) is 84.9 cm³/mol. The minimum Gasteiger partial charge on any atom is -0.479 e. The first-order valence-electron chi connectivity index (χ1n) is 7.40. The average molecular weight is 330 g/mol.